The number of rotatable bonds is 10. The first-order valence-electron chi connectivity index (χ1n) is 7.33. The molecule has 2 nitrogen and oxygen atoms in total. The molecule has 108 valence electrons. The molecule has 3 heteroatoms. The summed E-state index contributed by atoms with van der Waals surface area (Å²) >= 11 is 0. The van der Waals surface area contributed by atoms with Gasteiger partial charge in [-0.3, -0.25) is 0 Å². The van der Waals surface area contributed by atoms with Gasteiger partial charge in [0.1, 0.15) is 5.82 Å². The first-order chi connectivity index (χ1) is 9.22. The normalized spacial score (nSPS) is 12.4. The third kappa shape index (κ3) is 7.83. The molecule has 0 aliphatic carbocycles. The number of nitrogens with one attached hydrogen (secondary N) is 1. The molecule has 1 atom stereocenters. The van der Waals surface area contributed by atoms with Crippen molar-refractivity contribution in [3.8, 4) is 0 Å². The topological polar surface area (TPSA) is 21.3 Å². The predicted octanol–water partition coefficient (Wildman–Crippen LogP) is 4.61. The Balaban J connectivity index is 2.03. The van der Waals surface area contributed by atoms with E-state index >= 15 is 0 Å². The lowest BCUT2D eigenvalue weighted by Gasteiger charge is -2.13. The highest BCUT2D eigenvalue weighted by atomic mass is 19.1. The van der Waals surface area contributed by atoms with Gasteiger partial charge in [0.15, 0.2) is 0 Å². The summed E-state index contributed by atoms with van der Waals surface area (Å²) in [6.07, 6.45) is 6.56. The zero-order valence-electron chi connectivity index (χ0n) is 12.1. The lowest BCUT2D eigenvalue weighted by Crippen LogP contribution is -2.15. The van der Waals surface area contributed by atoms with Crippen LogP contribution in [0.4, 0.5) is 10.1 Å². The summed E-state index contributed by atoms with van der Waals surface area (Å²) in [5.41, 5.74) is 0.805. The van der Waals surface area contributed by atoms with Gasteiger partial charge in [-0.05, 0) is 31.5 Å². The molecule has 0 aromatic heterocycles. The van der Waals surface area contributed by atoms with Crippen LogP contribution in [-0.2, 0) is 4.74 Å². The molecule has 0 radical (unpaired) electrons. The van der Waals surface area contributed by atoms with E-state index in [1.165, 1.54) is 37.8 Å². The van der Waals surface area contributed by atoms with Crippen molar-refractivity contribution in [2.45, 2.75) is 52.1 Å². The number of benzene rings is 1. The molecule has 0 aliphatic heterocycles. The van der Waals surface area contributed by atoms with Crippen molar-refractivity contribution < 1.29 is 9.13 Å². The van der Waals surface area contributed by atoms with Crippen molar-refractivity contribution in [1.29, 1.82) is 0 Å². The fourth-order valence-corrected chi connectivity index (χ4v) is 2.00. The summed E-state index contributed by atoms with van der Waals surface area (Å²) in [5, 5.41) is 3.15. The Morgan fingerprint density at radius 1 is 1.26 bits per heavy atom. The monoisotopic (exact) mass is 267 g/mol. The van der Waals surface area contributed by atoms with Crippen molar-refractivity contribution in [3.05, 3.63) is 30.1 Å². The average Bonchev–Trinajstić information content (AvgIpc) is 2.40. The lowest BCUT2D eigenvalue weighted by molar-refractivity contribution is 0.0658. The molecule has 1 rings (SSSR count). The van der Waals surface area contributed by atoms with Gasteiger partial charge in [0.05, 0.1) is 12.7 Å². The van der Waals surface area contributed by atoms with Gasteiger partial charge in [-0.25, -0.2) is 4.39 Å². The second-order valence-electron chi connectivity index (χ2n) is 4.97. The molecule has 0 saturated heterocycles. The molecule has 1 aromatic rings. The summed E-state index contributed by atoms with van der Waals surface area (Å²) < 4.78 is 18.7. The largest absolute Gasteiger partial charge is 0.383 e. The van der Waals surface area contributed by atoms with Crippen molar-refractivity contribution in [2.75, 3.05) is 18.5 Å². The van der Waals surface area contributed by atoms with Crippen LogP contribution in [0.15, 0.2) is 24.3 Å². The molecule has 0 bridgehead atoms. The number of anilines is 1. The Hall–Kier alpha value is -1.09. The van der Waals surface area contributed by atoms with Crippen LogP contribution in [0.3, 0.4) is 0 Å². The maximum absolute atomic E-state index is 12.9. The molecule has 0 spiro atoms. The second-order valence-corrected chi connectivity index (χ2v) is 4.97. The molecule has 0 aliphatic rings. The fourth-order valence-electron chi connectivity index (χ4n) is 2.00. The highest BCUT2D eigenvalue weighted by molar-refractivity contribution is 5.42. The van der Waals surface area contributed by atoms with Crippen LogP contribution >= 0.6 is 0 Å². The SMILES string of the molecule is CCCCCCC(C)OCCNc1cccc(F)c1. The van der Waals surface area contributed by atoms with E-state index in [1.807, 2.05) is 6.07 Å². The first-order valence-corrected chi connectivity index (χ1v) is 7.33. The summed E-state index contributed by atoms with van der Waals surface area (Å²) in [6.45, 7) is 5.71. The minimum absolute atomic E-state index is 0.213. The summed E-state index contributed by atoms with van der Waals surface area (Å²) in [7, 11) is 0. The molecule has 0 fully saturated rings. The third-order valence-electron chi connectivity index (χ3n) is 3.12. The van der Waals surface area contributed by atoms with Crippen molar-refractivity contribution in [3.63, 3.8) is 0 Å². The van der Waals surface area contributed by atoms with Crippen LogP contribution in [0.25, 0.3) is 0 Å². The van der Waals surface area contributed by atoms with Crippen LogP contribution in [0.1, 0.15) is 46.0 Å². The van der Waals surface area contributed by atoms with E-state index in [0.717, 1.165) is 12.1 Å². The maximum atomic E-state index is 12.9. The summed E-state index contributed by atoms with van der Waals surface area (Å²) in [5.74, 6) is -0.213. The van der Waals surface area contributed by atoms with Crippen molar-refractivity contribution in [2.24, 2.45) is 0 Å². The highest BCUT2D eigenvalue weighted by Gasteiger charge is 2.01. The van der Waals surface area contributed by atoms with Crippen LogP contribution in [0.5, 0.6) is 0 Å². The van der Waals surface area contributed by atoms with E-state index in [2.05, 4.69) is 19.2 Å². The van der Waals surface area contributed by atoms with Crippen LogP contribution in [-0.4, -0.2) is 19.3 Å². The van der Waals surface area contributed by atoms with Crippen molar-refractivity contribution in [1.82, 2.24) is 0 Å². The Labute approximate surface area is 116 Å². The Morgan fingerprint density at radius 2 is 2.11 bits per heavy atom. The van der Waals surface area contributed by atoms with Crippen molar-refractivity contribution >= 4 is 5.69 Å². The van der Waals surface area contributed by atoms with Crippen LogP contribution in [0, 0.1) is 5.82 Å². The van der Waals surface area contributed by atoms with Gasteiger partial charge in [0, 0.05) is 12.2 Å². The highest BCUT2D eigenvalue weighted by Crippen LogP contribution is 2.09. The molecule has 0 heterocycles. The molecular formula is C16H26FNO. The number of hydrogen-bond acceptors (Lipinski definition) is 2. The number of hydrogen-bond donors (Lipinski definition) is 1. The number of halogens is 1. The maximum Gasteiger partial charge on any atom is 0.125 e. The Morgan fingerprint density at radius 3 is 2.84 bits per heavy atom. The van der Waals surface area contributed by atoms with Crippen LogP contribution < -0.4 is 5.32 Å². The Bertz CT molecular complexity index is 343. The molecule has 1 unspecified atom stereocenters. The fraction of sp³-hybridized carbons (Fsp3) is 0.625. The molecule has 19 heavy (non-hydrogen) atoms. The van der Waals surface area contributed by atoms with E-state index in [1.54, 1.807) is 6.07 Å². The van der Waals surface area contributed by atoms with Gasteiger partial charge in [-0.15, -0.1) is 0 Å². The third-order valence-corrected chi connectivity index (χ3v) is 3.12. The zero-order chi connectivity index (χ0) is 13.9. The molecule has 0 saturated carbocycles. The van der Waals surface area contributed by atoms with E-state index in [9.17, 15) is 4.39 Å². The lowest BCUT2D eigenvalue weighted by atomic mass is 10.1. The van der Waals surface area contributed by atoms with Gasteiger partial charge in [-0.2, -0.15) is 0 Å². The minimum atomic E-state index is -0.213. The Kier molecular flexibility index (Phi) is 8.23. The first kappa shape index (κ1) is 16.0. The molecular weight excluding hydrogens is 241 g/mol. The average molecular weight is 267 g/mol. The van der Waals surface area contributed by atoms with E-state index in [-0.39, 0.29) is 5.82 Å². The van der Waals surface area contributed by atoms with Gasteiger partial charge in [0.25, 0.3) is 0 Å². The van der Waals surface area contributed by atoms with E-state index < -0.39 is 0 Å². The quantitative estimate of drug-likeness (QED) is 0.625. The molecule has 1 aromatic carbocycles. The van der Waals surface area contributed by atoms with Gasteiger partial charge >= 0.3 is 0 Å². The van der Waals surface area contributed by atoms with Gasteiger partial charge < -0.3 is 10.1 Å². The zero-order valence-corrected chi connectivity index (χ0v) is 12.1. The standard InChI is InChI=1S/C16H26FNO/c1-3-4-5-6-8-14(2)19-12-11-18-16-10-7-9-15(17)13-16/h7,9-10,13-14,18H,3-6,8,11-12H2,1-2H3. The molecule has 0 amide bonds. The minimum Gasteiger partial charge on any atom is -0.383 e. The van der Waals surface area contributed by atoms with Gasteiger partial charge in [-0.1, -0.05) is 38.7 Å². The summed E-state index contributed by atoms with van der Waals surface area (Å²) in [6, 6.07) is 6.50. The smallest absolute Gasteiger partial charge is 0.125 e. The van der Waals surface area contributed by atoms with Gasteiger partial charge in [0.2, 0.25) is 0 Å². The summed E-state index contributed by atoms with van der Waals surface area (Å²) in [4.78, 5) is 0. The number of unbranched alkanes of at least 4 members (excludes halogenated alkanes) is 3. The molecule has 1 N–H and O–H groups in total. The number of ether oxygens (including phenoxy) is 1. The van der Waals surface area contributed by atoms with E-state index in [4.69, 9.17) is 4.74 Å². The predicted molar refractivity (Wildman–Crippen MR) is 79.1 cm³/mol. The second kappa shape index (κ2) is 9.79. The van der Waals surface area contributed by atoms with E-state index in [0.29, 0.717) is 19.3 Å². The van der Waals surface area contributed by atoms with Crippen LogP contribution in [0.2, 0.25) is 0 Å².